The molecule has 0 aromatic heterocycles. The number of hydrazone groups is 1. The monoisotopic (exact) mass is 367 g/mol. The molecule has 2 aromatic carbocycles. The van der Waals surface area contributed by atoms with Crippen molar-refractivity contribution in [3.05, 3.63) is 77.9 Å². The number of unbranched alkanes of at least 4 members (excludes halogenated alkanes) is 1. The van der Waals surface area contributed by atoms with Crippen LogP contribution in [0.2, 0.25) is 0 Å². The molecule has 140 valence electrons. The smallest absolute Gasteiger partial charge is 0.212 e. The van der Waals surface area contributed by atoms with Gasteiger partial charge >= 0.3 is 0 Å². The second-order valence-corrected chi connectivity index (χ2v) is 6.23. The molecule has 0 aliphatic carbocycles. The van der Waals surface area contributed by atoms with Crippen LogP contribution in [0.4, 0.5) is 10.1 Å². The predicted molar refractivity (Wildman–Crippen MR) is 104 cm³/mol. The van der Waals surface area contributed by atoms with Crippen LogP contribution in [-0.2, 0) is 4.74 Å². The van der Waals surface area contributed by atoms with E-state index in [0.717, 1.165) is 18.5 Å². The third kappa shape index (κ3) is 4.34. The zero-order valence-electron chi connectivity index (χ0n) is 15.1. The summed E-state index contributed by atoms with van der Waals surface area (Å²) in [6.45, 7) is 2.59. The standard InChI is InChI=1S/C21H22FN3O2/c1-2-3-13-27-19-14-18(20(26)15-9-11-16(22)12-10-15)21(23)24-25(19)17-7-5-4-6-8-17/h4-12,14,18H,2-3,13H2,1H3,(H2,23,24). The summed E-state index contributed by atoms with van der Waals surface area (Å²) in [4.78, 5) is 12.8. The maximum absolute atomic E-state index is 13.1. The van der Waals surface area contributed by atoms with Crippen LogP contribution in [0.3, 0.4) is 0 Å². The number of rotatable bonds is 7. The van der Waals surface area contributed by atoms with Crippen molar-refractivity contribution in [3.63, 3.8) is 0 Å². The zero-order chi connectivity index (χ0) is 19.2. The Bertz CT molecular complexity index is 847. The molecule has 0 spiro atoms. The number of nitrogens with zero attached hydrogens (tertiary/aromatic N) is 2. The van der Waals surface area contributed by atoms with Crippen molar-refractivity contribution < 1.29 is 13.9 Å². The minimum absolute atomic E-state index is 0.163. The van der Waals surface area contributed by atoms with Crippen LogP contribution in [0.1, 0.15) is 30.1 Å². The molecule has 0 bridgehead atoms. The number of halogens is 1. The first-order valence-corrected chi connectivity index (χ1v) is 8.93. The average Bonchev–Trinajstić information content (AvgIpc) is 2.69. The number of ketones is 1. The SMILES string of the molecule is CCCCOC1=CC(C(=O)c2ccc(F)cc2)C(N)=NN1c1ccccc1. The number of amidine groups is 1. The summed E-state index contributed by atoms with van der Waals surface area (Å²) in [5.41, 5.74) is 7.27. The maximum atomic E-state index is 13.1. The van der Waals surface area contributed by atoms with Crippen molar-refractivity contribution in [2.24, 2.45) is 16.8 Å². The molecule has 0 radical (unpaired) electrons. The number of carbonyl (C=O) groups excluding carboxylic acids is 1. The lowest BCUT2D eigenvalue weighted by molar-refractivity contribution is 0.0966. The maximum Gasteiger partial charge on any atom is 0.212 e. The summed E-state index contributed by atoms with van der Waals surface area (Å²) in [5, 5.41) is 5.99. The van der Waals surface area contributed by atoms with Crippen LogP contribution in [0, 0.1) is 11.7 Å². The summed E-state index contributed by atoms with van der Waals surface area (Å²) in [6.07, 6.45) is 3.55. The first-order chi connectivity index (χ1) is 13.1. The van der Waals surface area contributed by atoms with Gasteiger partial charge in [-0.15, -0.1) is 0 Å². The van der Waals surface area contributed by atoms with Crippen molar-refractivity contribution in [1.29, 1.82) is 0 Å². The number of carbonyl (C=O) groups is 1. The van der Waals surface area contributed by atoms with E-state index in [2.05, 4.69) is 12.0 Å². The topological polar surface area (TPSA) is 67.9 Å². The zero-order valence-corrected chi connectivity index (χ0v) is 15.1. The molecule has 2 aromatic rings. The number of hydrogen-bond acceptors (Lipinski definition) is 5. The lowest BCUT2D eigenvalue weighted by Crippen LogP contribution is -2.37. The highest BCUT2D eigenvalue weighted by molar-refractivity contribution is 6.13. The van der Waals surface area contributed by atoms with Gasteiger partial charge in [0, 0.05) is 5.56 Å². The van der Waals surface area contributed by atoms with E-state index >= 15 is 0 Å². The van der Waals surface area contributed by atoms with Crippen LogP contribution in [-0.4, -0.2) is 18.2 Å². The molecule has 1 heterocycles. The Kier molecular flexibility index (Phi) is 5.86. The Morgan fingerprint density at radius 3 is 2.56 bits per heavy atom. The molecule has 0 saturated heterocycles. The number of para-hydroxylation sites is 1. The summed E-state index contributed by atoms with van der Waals surface area (Å²) in [7, 11) is 0. The molecule has 1 atom stereocenters. The highest BCUT2D eigenvalue weighted by Gasteiger charge is 2.30. The van der Waals surface area contributed by atoms with E-state index in [4.69, 9.17) is 10.5 Å². The number of ether oxygens (including phenoxy) is 1. The summed E-state index contributed by atoms with van der Waals surface area (Å²) >= 11 is 0. The van der Waals surface area contributed by atoms with Gasteiger partial charge in [0.1, 0.15) is 17.6 Å². The molecule has 0 amide bonds. The van der Waals surface area contributed by atoms with Crippen LogP contribution in [0.25, 0.3) is 0 Å². The minimum atomic E-state index is -0.757. The first kappa shape index (κ1) is 18.6. The third-order valence-electron chi connectivity index (χ3n) is 4.21. The molecule has 27 heavy (non-hydrogen) atoms. The number of nitrogens with two attached hydrogens (primary N) is 1. The molecule has 0 fully saturated rings. The molecule has 1 aliphatic heterocycles. The fourth-order valence-corrected chi connectivity index (χ4v) is 2.71. The number of benzene rings is 2. The van der Waals surface area contributed by atoms with E-state index in [-0.39, 0.29) is 11.6 Å². The van der Waals surface area contributed by atoms with Crippen LogP contribution in [0.5, 0.6) is 0 Å². The lowest BCUT2D eigenvalue weighted by atomic mass is 9.95. The van der Waals surface area contributed by atoms with Gasteiger partial charge in [-0.3, -0.25) is 4.79 Å². The fourth-order valence-electron chi connectivity index (χ4n) is 2.71. The summed E-state index contributed by atoms with van der Waals surface area (Å²) in [6, 6.07) is 14.8. The Labute approximate surface area is 157 Å². The van der Waals surface area contributed by atoms with Gasteiger partial charge in [0.05, 0.1) is 12.3 Å². The molecular formula is C21H22FN3O2. The van der Waals surface area contributed by atoms with Crippen LogP contribution in [0.15, 0.2) is 71.7 Å². The average molecular weight is 367 g/mol. The van der Waals surface area contributed by atoms with Gasteiger partial charge in [0.2, 0.25) is 5.88 Å². The molecule has 5 nitrogen and oxygen atoms in total. The molecule has 6 heteroatoms. The number of Topliss-reactive ketones (excluding diaryl/α,β-unsaturated/α-hetero) is 1. The van der Waals surface area contributed by atoms with Crippen LogP contribution >= 0.6 is 0 Å². The Balaban J connectivity index is 1.91. The molecule has 2 N–H and O–H groups in total. The lowest BCUT2D eigenvalue weighted by Gasteiger charge is -2.28. The quantitative estimate of drug-likeness (QED) is 0.592. The minimum Gasteiger partial charge on any atom is -0.478 e. The van der Waals surface area contributed by atoms with Crippen molar-refractivity contribution in [2.75, 3.05) is 11.6 Å². The molecule has 3 rings (SSSR count). The normalized spacial score (nSPS) is 16.5. The summed E-state index contributed by atoms with van der Waals surface area (Å²) in [5.74, 6) is -0.779. The van der Waals surface area contributed by atoms with E-state index < -0.39 is 11.7 Å². The van der Waals surface area contributed by atoms with Crippen molar-refractivity contribution in [2.45, 2.75) is 19.8 Å². The Morgan fingerprint density at radius 2 is 1.89 bits per heavy atom. The highest BCUT2D eigenvalue weighted by Crippen LogP contribution is 2.27. The predicted octanol–water partition coefficient (Wildman–Crippen LogP) is 4.08. The van der Waals surface area contributed by atoms with E-state index in [1.807, 2.05) is 30.3 Å². The molecule has 0 saturated carbocycles. The molecule has 1 unspecified atom stereocenters. The summed E-state index contributed by atoms with van der Waals surface area (Å²) < 4.78 is 19.0. The second-order valence-electron chi connectivity index (χ2n) is 6.23. The van der Waals surface area contributed by atoms with Gasteiger partial charge in [0.15, 0.2) is 5.78 Å². The highest BCUT2D eigenvalue weighted by atomic mass is 19.1. The van der Waals surface area contributed by atoms with Gasteiger partial charge < -0.3 is 10.5 Å². The van der Waals surface area contributed by atoms with E-state index in [1.165, 1.54) is 24.3 Å². The Hall–Kier alpha value is -3.15. The van der Waals surface area contributed by atoms with Gasteiger partial charge in [-0.05, 0) is 48.9 Å². The molecular weight excluding hydrogens is 345 g/mol. The first-order valence-electron chi connectivity index (χ1n) is 8.93. The number of hydrogen-bond donors (Lipinski definition) is 1. The van der Waals surface area contributed by atoms with E-state index in [9.17, 15) is 9.18 Å². The van der Waals surface area contributed by atoms with E-state index in [1.54, 1.807) is 11.1 Å². The van der Waals surface area contributed by atoms with Gasteiger partial charge in [-0.2, -0.15) is 10.1 Å². The van der Waals surface area contributed by atoms with Crippen LogP contribution < -0.4 is 10.7 Å². The fraction of sp³-hybridized carbons (Fsp3) is 0.238. The second kappa shape index (κ2) is 8.49. The Morgan fingerprint density at radius 1 is 1.19 bits per heavy atom. The largest absolute Gasteiger partial charge is 0.478 e. The number of anilines is 1. The van der Waals surface area contributed by atoms with Crippen molar-refractivity contribution in [1.82, 2.24) is 0 Å². The van der Waals surface area contributed by atoms with E-state index in [0.29, 0.717) is 18.1 Å². The van der Waals surface area contributed by atoms with Crippen molar-refractivity contribution in [3.8, 4) is 0 Å². The van der Waals surface area contributed by atoms with Gasteiger partial charge in [-0.1, -0.05) is 31.5 Å². The van der Waals surface area contributed by atoms with Gasteiger partial charge in [0.25, 0.3) is 0 Å². The molecule has 1 aliphatic rings. The van der Waals surface area contributed by atoms with Crippen molar-refractivity contribution >= 4 is 17.3 Å². The third-order valence-corrected chi connectivity index (χ3v) is 4.21. The van der Waals surface area contributed by atoms with Gasteiger partial charge in [-0.25, -0.2) is 4.39 Å².